The Kier molecular flexibility index (Phi) is 3.06. The summed E-state index contributed by atoms with van der Waals surface area (Å²) in [6.07, 6.45) is 5.36. The lowest BCUT2D eigenvalue weighted by molar-refractivity contribution is -0.136. The molecule has 1 aliphatic carbocycles. The minimum absolute atomic E-state index is 0.265. The Morgan fingerprint density at radius 3 is 2.50 bits per heavy atom. The smallest absolute Gasteiger partial charge is 0.228 e. The van der Waals surface area contributed by atoms with E-state index in [4.69, 9.17) is 0 Å². The second-order valence-corrected chi connectivity index (χ2v) is 4.72. The molecule has 1 amide bonds. The van der Waals surface area contributed by atoms with Gasteiger partial charge < -0.3 is 10.2 Å². The van der Waals surface area contributed by atoms with Crippen LogP contribution < -0.4 is 5.32 Å². The van der Waals surface area contributed by atoms with E-state index in [1.165, 1.54) is 25.7 Å². The van der Waals surface area contributed by atoms with Crippen molar-refractivity contribution in [3.05, 3.63) is 0 Å². The van der Waals surface area contributed by atoms with Crippen molar-refractivity contribution in [2.75, 3.05) is 26.7 Å². The van der Waals surface area contributed by atoms with E-state index in [1.807, 2.05) is 11.9 Å². The van der Waals surface area contributed by atoms with Gasteiger partial charge in [0, 0.05) is 26.7 Å². The van der Waals surface area contributed by atoms with Crippen LogP contribution in [0.4, 0.5) is 0 Å². The Hall–Kier alpha value is -0.570. The number of carbonyl (C=O) groups excluding carboxylic acids is 1. The summed E-state index contributed by atoms with van der Waals surface area (Å²) < 4.78 is 0. The maximum absolute atomic E-state index is 11.8. The number of amides is 1. The molecule has 0 atom stereocenters. The van der Waals surface area contributed by atoms with Crippen LogP contribution in [0.25, 0.3) is 0 Å². The molecule has 1 heterocycles. The van der Waals surface area contributed by atoms with E-state index in [1.54, 1.807) is 0 Å². The zero-order chi connectivity index (χ0) is 9.97. The van der Waals surface area contributed by atoms with Crippen molar-refractivity contribution in [3.63, 3.8) is 0 Å². The molecule has 14 heavy (non-hydrogen) atoms. The van der Waals surface area contributed by atoms with Gasteiger partial charge in [-0.2, -0.15) is 0 Å². The van der Waals surface area contributed by atoms with Crippen LogP contribution >= 0.6 is 0 Å². The Labute approximate surface area is 85.8 Å². The number of rotatable bonds is 3. The SMILES string of the molecule is CN(CC1CCCC1)C(=O)C1CNC1. The highest BCUT2D eigenvalue weighted by Crippen LogP contribution is 2.25. The predicted octanol–water partition coefficient (Wildman–Crippen LogP) is 0.854. The molecule has 0 aromatic heterocycles. The van der Waals surface area contributed by atoms with E-state index < -0.39 is 0 Å². The lowest BCUT2D eigenvalue weighted by Crippen LogP contribution is -2.51. The first-order chi connectivity index (χ1) is 6.77. The number of nitrogens with zero attached hydrogens (tertiary/aromatic N) is 1. The molecule has 2 aliphatic rings. The van der Waals surface area contributed by atoms with Gasteiger partial charge in [-0.3, -0.25) is 4.79 Å². The molecule has 1 saturated heterocycles. The largest absolute Gasteiger partial charge is 0.345 e. The van der Waals surface area contributed by atoms with Crippen molar-refractivity contribution >= 4 is 5.91 Å². The molecular weight excluding hydrogens is 176 g/mol. The van der Waals surface area contributed by atoms with E-state index in [0.29, 0.717) is 5.91 Å². The predicted molar refractivity (Wildman–Crippen MR) is 56.0 cm³/mol. The van der Waals surface area contributed by atoms with Crippen LogP contribution in [0.1, 0.15) is 25.7 Å². The van der Waals surface area contributed by atoms with Crippen molar-refractivity contribution in [2.24, 2.45) is 11.8 Å². The minimum Gasteiger partial charge on any atom is -0.345 e. The highest BCUT2D eigenvalue weighted by molar-refractivity contribution is 5.79. The average molecular weight is 196 g/mol. The van der Waals surface area contributed by atoms with Gasteiger partial charge in [-0.15, -0.1) is 0 Å². The van der Waals surface area contributed by atoms with Crippen LogP contribution in [0.5, 0.6) is 0 Å². The standard InChI is InChI=1S/C11H20N2O/c1-13(8-9-4-2-3-5-9)11(14)10-6-12-7-10/h9-10,12H,2-8H2,1H3. The first kappa shape index (κ1) is 9.97. The van der Waals surface area contributed by atoms with Gasteiger partial charge in [0.25, 0.3) is 0 Å². The molecule has 0 unspecified atom stereocenters. The van der Waals surface area contributed by atoms with E-state index in [0.717, 1.165) is 25.6 Å². The highest BCUT2D eigenvalue weighted by atomic mass is 16.2. The van der Waals surface area contributed by atoms with Gasteiger partial charge in [0.05, 0.1) is 5.92 Å². The summed E-state index contributed by atoms with van der Waals surface area (Å²) >= 11 is 0. The van der Waals surface area contributed by atoms with Crippen LogP contribution in [-0.4, -0.2) is 37.5 Å². The second kappa shape index (κ2) is 4.30. The van der Waals surface area contributed by atoms with Crippen LogP contribution in [0.15, 0.2) is 0 Å². The lowest BCUT2D eigenvalue weighted by atomic mass is 10.0. The van der Waals surface area contributed by atoms with Crippen molar-refractivity contribution in [3.8, 4) is 0 Å². The number of hydrogen-bond acceptors (Lipinski definition) is 2. The summed E-state index contributed by atoms with van der Waals surface area (Å²) in [6.45, 7) is 2.75. The Balaban J connectivity index is 1.75. The second-order valence-electron chi connectivity index (χ2n) is 4.72. The third kappa shape index (κ3) is 2.08. The maximum atomic E-state index is 11.8. The van der Waals surface area contributed by atoms with Gasteiger partial charge in [-0.1, -0.05) is 12.8 Å². The minimum atomic E-state index is 0.265. The summed E-state index contributed by atoms with van der Waals surface area (Å²) in [5, 5.41) is 3.14. The molecule has 1 aliphatic heterocycles. The summed E-state index contributed by atoms with van der Waals surface area (Å²) in [5.74, 6) is 1.38. The van der Waals surface area contributed by atoms with E-state index in [2.05, 4.69) is 5.32 Å². The van der Waals surface area contributed by atoms with Crippen LogP contribution in [0, 0.1) is 11.8 Å². The number of nitrogens with one attached hydrogen (secondary N) is 1. The van der Waals surface area contributed by atoms with Gasteiger partial charge >= 0.3 is 0 Å². The topological polar surface area (TPSA) is 32.3 Å². The van der Waals surface area contributed by atoms with Crippen molar-refractivity contribution in [1.29, 1.82) is 0 Å². The van der Waals surface area contributed by atoms with Gasteiger partial charge in [0.15, 0.2) is 0 Å². The fourth-order valence-corrected chi connectivity index (χ4v) is 2.45. The summed E-state index contributed by atoms with van der Waals surface area (Å²) in [4.78, 5) is 13.7. The number of carbonyl (C=O) groups is 1. The molecule has 1 N–H and O–H groups in total. The first-order valence-electron chi connectivity index (χ1n) is 5.73. The van der Waals surface area contributed by atoms with Gasteiger partial charge in [-0.05, 0) is 18.8 Å². The summed E-state index contributed by atoms with van der Waals surface area (Å²) in [7, 11) is 1.96. The Morgan fingerprint density at radius 2 is 2.00 bits per heavy atom. The van der Waals surface area contributed by atoms with Crippen LogP contribution in [-0.2, 0) is 4.79 Å². The Morgan fingerprint density at radius 1 is 1.36 bits per heavy atom. The molecule has 0 bridgehead atoms. The zero-order valence-electron chi connectivity index (χ0n) is 8.96. The molecule has 0 aromatic rings. The molecule has 1 saturated carbocycles. The van der Waals surface area contributed by atoms with E-state index in [-0.39, 0.29) is 5.92 Å². The van der Waals surface area contributed by atoms with Crippen LogP contribution in [0.2, 0.25) is 0 Å². The van der Waals surface area contributed by atoms with Crippen molar-refractivity contribution in [2.45, 2.75) is 25.7 Å². The average Bonchev–Trinajstić information content (AvgIpc) is 2.53. The zero-order valence-corrected chi connectivity index (χ0v) is 8.96. The normalized spacial score (nSPS) is 23.5. The van der Waals surface area contributed by atoms with E-state index in [9.17, 15) is 4.79 Å². The molecule has 80 valence electrons. The van der Waals surface area contributed by atoms with Gasteiger partial charge in [-0.25, -0.2) is 0 Å². The van der Waals surface area contributed by atoms with Crippen molar-refractivity contribution in [1.82, 2.24) is 10.2 Å². The maximum Gasteiger partial charge on any atom is 0.228 e. The molecule has 0 radical (unpaired) electrons. The monoisotopic (exact) mass is 196 g/mol. The Bertz CT molecular complexity index is 207. The molecule has 2 fully saturated rings. The van der Waals surface area contributed by atoms with Gasteiger partial charge in [0.2, 0.25) is 5.91 Å². The fourth-order valence-electron chi connectivity index (χ4n) is 2.45. The number of hydrogen-bond donors (Lipinski definition) is 1. The first-order valence-corrected chi connectivity index (χ1v) is 5.73. The summed E-state index contributed by atoms with van der Waals surface area (Å²) in [5.41, 5.74) is 0. The molecule has 0 aromatic carbocycles. The lowest BCUT2D eigenvalue weighted by Gasteiger charge is -2.31. The fraction of sp³-hybridized carbons (Fsp3) is 0.909. The third-order valence-electron chi connectivity index (χ3n) is 3.51. The third-order valence-corrected chi connectivity index (χ3v) is 3.51. The van der Waals surface area contributed by atoms with Crippen molar-refractivity contribution < 1.29 is 4.79 Å². The molecule has 2 rings (SSSR count). The highest BCUT2D eigenvalue weighted by Gasteiger charge is 2.28. The quantitative estimate of drug-likeness (QED) is 0.726. The summed E-state index contributed by atoms with van der Waals surface area (Å²) in [6, 6.07) is 0. The molecule has 3 nitrogen and oxygen atoms in total. The van der Waals surface area contributed by atoms with E-state index >= 15 is 0 Å². The molecule has 3 heteroatoms. The molecule has 0 spiro atoms. The molecular formula is C11H20N2O. The van der Waals surface area contributed by atoms with Crippen LogP contribution in [0.3, 0.4) is 0 Å². The van der Waals surface area contributed by atoms with Gasteiger partial charge in [0.1, 0.15) is 0 Å².